The quantitative estimate of drug-likeness (QED) is 0.611. The SMILES string of the molecule is C.CC(C)(C)OP(O)(O)=S. The zero-order valence-electron chi connectivity index (χ0n) is 5.66. The molecule has 0 aliphatic rings. The van der Waals surface area contributed by atoms with Crippen molar-refractivity contribution in [1.82, 2.24) is 0 Å². The van der Waals surface area contributed by atoms with E-state index in [2.05, 4.69) is 16.3 Å². The summed E-state index contributed by atoms with van der Waals surface area (Å²) in [6.07, 6.45) is 0. The van der Waals surface area contributed by atoms with Gasteiger partial charge in [-0.25, -0.2) is 0 Å². The summed E-state index contributed by atoms with van der Waals surface area (Å²) in [4.78, 5) is 17.2. The van der Waals surface area contributed by atoms with Crippen molar-refractivity contribution in [3.63, 3.8) is 0 Å². The van der Waals surface area contributed by atoms with Crippen LogP contribution in [0.3, 0.4) is 0 Å². The summed E-state index contributed by atoms with van der Waals surface area (Å²) in [5.41, 5.74) is -0.570. The largest absolute Gasteiger partial charge is 0.325 e. The van der Waals surface area contributed by atoms with Gasteiger partial charge in [0.1, 0.15) is 0 Å². The van der Waals surface area contributed by atoms with E-state index in [-0.39, 0.29) is 7.43 Å². The van der Waals surface area contributed by atoms with Crippen molar-refractivity contribution in [3.05, 3.63) is 0 Å². The molecule has 0 aromatic carbocycles. The maximum atomic E-state index is 8.61. The van der Waals surface area contributed by atoms with E-state index >= 15 is 0 Å². The Morgan fingerprint density at radius 3 is 1.60 bits per heavy atom. The lowest BCUT2D eigenvalue weighted by Gasteiger charge is -2.21. The van der Waals surface area contributed by atoms with Gasteiger partial charge in [-0.2, -0.15) is 0 Å². The molecule has 0 saturated heterocycles. The highest BCUT2D eigenvalue weighted by Gasteiger charge is 2.19. The molecule has 3 nitrogen and oxygen atoms in total. The van der Waals surface area contributed by atoms with Crippen LogP contribution in [0.25, 0.3) is 0 Å². The summed E-state index contributed by atoms with van der Waals surface area (Å²) in [5, 5.41) is 0. The standard InChI is InChI=1S/C4H11O3PS.CH4/c1-4(2,3)7-8(5,6)9;/h1-3H3,(H2,5,6,9);1H4. The van der Waals surface area contributed by atoms with Crippen LogP contribution in [0.5, 0.6) is 0 Å². The molecule has 0 aromatic rings. The van der Waals surface area contributed by atoms with Crippen LogP contribution in [0.15, 0.2) is 0 Å². The molecule has 2 N–H and O–H groups in total. The molecule has 0 heterocycles. The zero-order chi connectivity index (χ0) is 7.71. The third kappa shape index (κ3) is 11.3. The average molecular weight is 186 g/mol. The molecule has 0 fully saturated rings. The van der Waals surface area contributed by atoms with Gasteiger partial charge in [0, 0.05) is 0 Å². The van der Waals surface area contributed by atoms with Crippen molar-refractivity contribution in [2.24, 2.45) is 0 Å². The number of hydrogen-bond acceptors (Lipinski definition) is 2. The third-order valence-electron chi connectivity index (χ3n) is 0.393. The van der Waals surface area contributed by atoms with Gasteiger partial charge in [-0.05, 0) is 32.6 Å². The molecule has 0 atom stereocenters. The van der Waals surface area contributed by atoms with Crippen LogP contribution in [0.2, 0.25) is 0 Å². The zero-order valence-corrected chi connectivity index (χ0v) is 7.37. The molecule has 0 radical (unpaired) electrons. The minimum Gasteiger partial charge on any atom is -0.325 e. The first-order valence-corrected chi connectivity index (χ1v) is 5.10. The van der Waals surface area contributed by atoms with Crippen LogP contribution in [0.1, 0.15) is 28.2 Å². The molecule has 0 bridgehead atoms. The molecular formula is C5H15O3PS. The molecule has 5 heteroatoms. The molecule has 0 rings (SSSR count). The first-order chi connectivity index (χ1) is 3.71. The van der Waals surface area contributed by atoms with Crippen LogP contribution < -0.4 is 0 Å². The second-order valence-electron chi connectivity index (χ2n) is 2.69. The van der Waals surface area contributed by atoms with Crippen molar-refractivity contribution in [2.75, 3.05) is 0 Å². The fourth-order valence-electron chi connectivity index (χ4n) is 0.357. The van der Waals surface area contributed by atoms with E-state index in [1.807, 2.05) is 0 Å². The number of hydrogen-bond donors (Lipinski definition) is 2. The Kier molecular flexibility index (Phi) is 4.98. The molecule has 0 amide bonds. The van der Waals surface area contributed by atoms with E-state index in [1.54, 1.807) is 20.8 Å². The molecule has 64 valence electrons. The van der Waals surface area contributed by atoms with Crippen molar-refractivity contribution in [3.8, 4) is 0 Å². The summed E-state index contributed by atoms with van der Waals surface area (Å²) in [7, 11) is 0. The fourth-order valence-corrected chi connectivity index (χ4v) is 1.74. The molecule has 0 spiro atoms. The normalized spacial score (nSPS) is 12.5. The predicted octanol–water partition coefficient (Wildman–Crippen LogP) is 1.65. The summed E-state index contributed by atoms with van der Waals surface area (Å²) in [6.45, 7) is 1.67. The molecular weight excluding hydrogens is 171 g/mol. The Balaban J connectivity index is 0. The van der Waals surface area contributed by atoms with Gasteiger partial charge in [0.05, 0.1) is 5.60 Å². The molecule has 0 aliphatic heterocycles. The smallest absolute Gasteiger partial charge is 0.322 e. The predicted molar refractivity (Wildman–Crippen MR) is 46.3 cm³/mol. The lowest BCUT2D eigenvalue weighted by Crippen LogP contribution is -2.16. The van der Waals surface area contributed by atoms with E-state index in [4.69, 9.17) is 9.79 Å². The second kappa shape index (κ2) is 3.79. The van der Waals surface area contributed by atoms with Gasteiger partial charge in [-0.3, -0.25) is 0 Å². The first-order valence-electron chi connectivity index (χ1n) is 2.47. The van der Waals surface area contributed by atoms with Crippen LogP contribution in [-0.2, 0) is 16.3 Å². The van der Waals surface area contributed by atoms with E-state index in [1.165, 1.54) is 0 Å². The molecule has 0 saturated carbocycles. The van der Waals surface area contributed by atoms with Crippen molar-refractivity contribution in [2.45, 2.75) is 33.8 Å². The van der Waals surface area contributed by atoms with Crippen molar-refractivity contribution in [1.29, 1.82) is 0 Å². The molecule has 0 aromatic heterocycles. The van der Waals surface area contributed by atoms with Gasteiger partial charge in [-0.1, -0.05) is 7.43 Å². The molecule has 0 unspecified atom stereocenters. The highest BCUT2D eigenvalue weighted by atomic mass is 32.5. The first kappa shape index (κ1) is 13.1. The topological polar surface area (TPSA) is 49.7 Å². The lowest BCUT2D eigenvalue weighted by molar-refractivity contribution is 0.107. The van der Waals surface area contributed by atoms with E-state index in [0.29, 0.717) is 0 Å². The molecule has 0 aliphatic carbocycles. The van der Waals surface area contributed by atoms with Crippen LogP contribution >= 0.6 is 6.72 Å². The second-order valence-corrected chi connectivity index (χ2v) is 5.28. The Morgan fingerprint density at radius 1 is 1.30 bits per heavy atom. The Hall–Kier alpha value is 0.530. The third-order valence-corrected chi connectivity index (χ3v) is 1.40. The summed E-state index contributed by atoms with van der Waals surface area (Å²) in [5.74, 6) is 0. The minimum atomic E-state index is -3.45. The monoisotopic (exact) mass is 186 g/mol. The maximum Gasteiger partial charge on any atom is 0.322 e. The van der Waals surface area contributed by atoms with Gasteiger partial charge >= 0.3 is 6.72 Å². The van der Waals surface area contributed by atoms with Crippen molar-refractivity contribution >= 4 is 18.5 Å². The Labute approximate surface area is 67.3 Å². The van der Waals surface area contributed by atoms with Gasteiger partial charge in [0.25, 0.3) is 0 Å². The Morgan fingerprint density at radius 2 is 1.60 bits per heavy atom. The lowest BCUT2D eigenvalue weighted by atomic mass is 10.2. The minimum absolute atomic E-state index is 0. The Bertz CT molecular complexity index is 134. The van der Waals surface area contributed by atoms with Crippen LogP contribution in [-0.4, -0.2) is 15.4 Å². The van der Waals surface area contributed by atoms with Gasteiger partial charge < -0.3 is 14.3 Å². The number of rotatable bonds is 1. The fraction of sp³-hybridized carbons (Fsp3) is 1.00. The van der Waals surface area contributed by atoms with Gasteiger partial charge in [0.15, 0.2) is 0 Å². The highest BCUT2D eigenvalue weighted by molar-refractivity contribution is 8.06. The summed E-state index contributed by atoms with van der Waals surface area (Å²) < 4.78 is 4.66. The van der Waals surface area contributed by atoms with E-state index < -0.39 is 12.3 Å². The highest BCUT2D eigenvalue weighted by Crippen LogP contribution is 2.41. The van der Waals surface area contributed by atoms with Gasteiger partial charge in [-0.15, -0.1) is 0 Å². The molecule has 10 heavy (non-hydrogen) atoms. The van der Waals surface area contributed by atoms with Crippen LogP contribution in [0, 0.1) is 0 Å². The summed E-state index contributed by atoms with van der Waals surface area (Å²) in [6, 6.07) is 0. The summed E-state index contributed by atoms with van der Waals surface area (Å²) >= 11 is 4.23. The maximum absolute atomic E-state index is 8.61. The van der Waals surface area contributed by atoms with E-state index in [9.17, 15) is 0 Å². The van der Waals surface area contributed by atoms with Crippen LogP contribution in [0.4, 0.5) is 0 Å². The van der Waals surface area contributed by atoms with Crippen molar-refractivity contribution < 1.29 is 14.3 Å². The van der Waals surface area contributed by atoms with Gasteiger partial charge in [0.2, 0.25) is 0 Å². The van der Waals surface area contributed by atoms with E-state index in [0.717, 1.165) is 0 Å². The average Bonchev–Trinajstić information content (AvgIpc) is 1.14.